The van der Waals surface area contributed by atoms with Gasteiger partial charge in [0, 0.05) is 5.56 Å². The van der Waals surface area contributed by atoms with E-state index in [9.17, 15) is 22.7 Å². The van der Waals surface area contributed by atoms with Gasteiger partial charge in [-0.3, -0.25) is 5.43 Å². The SMILES string of the molecule is COc1ccc(O)c(/C=N/Nc2c(F)c(F)nc(F)c2F)c1. The van der Waals surface area contributed by atoms with Crippen molar-refractivity contribution in [2.75, 3.05) is 12.5 Å². The van der Waals surface area contributed by atoms with Crippen molar-refractivity contribution < 1.29 is 27.4 Å². The zero-order valence-corrected chi connectivity index (χ0v) is 11.1. The second-order valence-electron chi connectivity index (χ2n) is 3.99. The van der Waals surface area contributed by atoms with Gasteiger partial charge in [-0.2, -0.15) is 27.6 Å². The van der Waals surface area contributed by atoms with Gasteiger partial charge in [-0.1, -0.05) is 0 Å². The lowest BCUT2D eigenvalue weighted by Crippen LogP contribution is -2.05. The van der Waals surface area contributed by atoms with Gasteiger partial charge >= 0.3 is 0 Å². The maximum atomic E-state index is 13.3. The van der Waals surface area contributed by atoms with E-state index in [-0.39, 0.29) is 11.3 Å². The predicted molar refractivity (Wildman–Crippen MR) is 69.9 cm³/mol. The minimum Gasteiger partial charge on any atom is -0.507 e. The molecule has 0 aliphatic heterocycles. The maximum absolute atomic E-state index is 13.3. The molecular formula is C13H9F4N3O2. The van der Waals surface area contributed by atoms with Crippen LogP contribution in [0, 0.1) is 23.5 Å². The van der Waals surface area contributed by atoms with E-state index < -0.39 is 29.2 Å². The Bertz CT molecular complexity index is 711. The number of phenolic OH excluding ortho intramolecular Hbond substituents is 1. The summed E-state index contributed by atoms with van der Waals surface area (Å²) in [7, 11) is 1.40. The smallest absolute Gasteiger partial charge is 0.254 e. The monoisotopic (exact) mass is 315 g/mol. The minimum absolute atomic E-state index is 0.155. The first kappa shape index (κ1) is 15.5. The van der Waals surface area contributed by atoms with Crippen LogP contribution in [0.15, 0.2) is 23.3 Å². The third-order valence-electron chi connectivity index (χ3n) is 2.61. The fraction of sp³-hybridized carbons (Fsp3) is 0.0769. The van der Waals surface area contributed by atoms with E-state index >= 15 is 0 Å². The lowest BCUT2D eigenvalue weighted by Gasteiger charge is -2.05. The topological polar surface area (TPSA) is 66.7 Å². The Morgan fingerprint density at radius 2 is 1.82 bits per heavy atom. The third kappa shape index (κ3) is 3.08. The average molecular weight is 315 g/mol. The number of hydrogen-bond donors (Lipinski definition) is 2. The summed E-state index contributed by atoms with van der Waals surface area (Å²) in [6.45, 7) is 0. The van der Waals surface area contributed by atoms with E-state index in [2.05, 4.69) is 10.1 Å². The van der Waals surface area contributed by atoms with Crippen LogP contribution in [0.5, 0.6) is 11.5 Å². The second kappa shape index (κ2) is 6.29. The van der Waals surface area contributed by atoms with Crippen molar-refractivity contribution >= 4 is 11.9 Å². The van der Waals surface area contributed by atoms with E-state index in [0.29, 0.717) is 5.75 Å². The number of hydrogen-bond acceptors (Lipinski definition) is 5. The van der Waals surface area contributed by atoms with Gasteiger partial charge in [-0.25, -0.2) is 0 Å². The first-order valence-electron chi connectivity index (χ1n) is 5.80. The highest BCUT2D eigenvalue weighted by Gasteiger charge is 2.20. The zero-order valence-electron chi connectivity index (χ0n) is 11.1. The van der Waals surface area contributed by atoms with Crippen molar-refractivity contribution in [3.63, 3.8) is 0 Å². The molecule has 0 fully saturated rings. The summed E-state index contributed by atoms with van der Waals surface area (Å²) in [6.07, 6.45) is 0.993. The van der Waals surface area contributed by atoms with Crippen LogP contribution in [-0.4, -0.2) is 23.4 Å². The van der Waals surface area contributed by atoms with E-state index in [1.165, 1.54) is 25.3 Å². The van der Waals surface area contributed by atoms with Crippen molar-refractivity contribution in [1.29, 1.82) is 0 Å². The van der Waals surface area contributed by atoms with Crippen LogP contribution < -0.4 is 10.2 Å². The Labute approximate surface area is 121 Å². The Hall–Kier alpha value is -2.84. The van der Waals surface area contributed by atoms with Gasteiger partial charge in [0.25, 0.3) is 11.9 Å². The molecule has 0 amide bonds. The first-order chi connectivity index (χ1) is 10.4. The van der Waals surface area contributed by atoms with Gasteiger partial charge in [-0.15, -0.1) is 0 Å². The standard InChI is InChI=1S/C13H9F4N3O2/c1-22-7-2-3-8(21)6(4-7)5-18-20-11-9(14)12(16)19-13(17)10(11)15/h2-5,21H,1H3,(H,19,20)/b18-5+. The number of phenols is 1. The molecule has 0 saturated carbocycles. The van der Waals surface area contributed by atoms with Crippen molar-refractivity contribution in [2.45, 2.75) is 0 Å². The summed E-state index contributed by atoms with van der Waals surface area (Å²) in [6, 6.07) is 4.18. The molecule has 9 heteroatoms. The molecule has 0 aliphatic carbocycles. The number of rotatable bonds is 4. The van der Waals surface area contributed by atoms with Crippen LogP contribution in [0.3, 0.4) is 0 Å². The fourth-order valence-electron chi connectivity index (χ4n) is 1.51. The molecule has 0 bridgehead atoms. The summed E-state index contributed by atoms with van der Waals surface area (Å²) < 4.78 is 57.3. The van der Waals surface area contributed by atoms with Gasteiger partial charge in [-0.05, 0) is 18.2 Å². The van der Waals surface area contributed by atoms with Crippen molar-refractivity contribution in [1.82, 2.24) is 4.98 Å². The highest BCUT2D eigenvalue weighted by molar-refractivity contribution is 5.84. The van der Waals surface area contributed by atoms with Crippen LogP contribution in [0.1, 0.15) is 5.56 Å². The van der Waals surface area contributed by atoms with Crippen LogP contribution >= 0.6 is 0 Å². The quantitative estimate of drug-likeness (QED) is 0.394. The molecule has 1 aromatic carbocycles. The Morgan fingerprint density at radius 3 is 2.41 bits per heavy atom. The van der Waals surface area contributed by atoms with Gasteiger partial charge in [0.2, 0.25) is 11.6 Å². The van der Waals surface area contributed by atoms with Gasteiger partial charge < -0.3 is 9.84 Å². The lowest BCUT2D eigenvalue weighted by molar-refractivity contribution is 0.411. The molecule has 2 rings (SSSR count). The van der Waals surface area contributed by atoms with E-state index in [4.69, 9.17) is 4.74 Å². The number of anilines is 1. The van der Waals surface area contributed by atoms with Crippen molar-refractivity contribution in [3.05, 3.63) is 47.3 Å². The number of aromatic nitrogens is 1. The molecule has 0 atom stereocenters. The predicted octanol–water partition coefficient (Wildman–Crippen LogP) is 2.80. The summed E-state index contributed by atoms with van der Waals surface area (Å²) >= 11 is 0. The molecule has 22 heavy (non-hydrogen) atoms. The van der Waals surface area contributed by atoms with E-state index in [1.807, 2.05) is 5.43 Å². The Balaban J connectivity index is 2.27. The minimum atomic E-state index is -1.80. The number of methoxy groups -OCH3 is 1. The summed E-state index contributed by atoms with van der Waals surface area (Å²) in [5.41, 5.74) is 0.843. The second-order valence-corrected chi connectivity index (χ2v) is 3.99. The van der Waals surface area contributed by atoms with E-state index in [1.54, 1.807) is 0 Å². The highest BCUT2D eigenvalue weighted by Crippen LogP contribution is 2.23. The third-order valence-corrected chi connectivity index (χ3v) is 2.61. The number of ether oxygens (including phenoxy) is 1. The lowest BCUT2D eigenvalue weighted by atomic mass is 10.2. The number of aromatic hydroxyl groups is 1. The molecule has 0 aliphatic rings. The highest BCUT2D eigenvalue weighted by atomic mass is 19.2. The zero-order chi connectivity index (χ0) is 16.3. The maximum Gasteiger partial charge on any atom is 0.254 e. The normalized spacial score (nSPS) is 11.0. The average Bonchev–Trinajstić information content (AvgIpc) is 2.50. The van der Waals surface area contributed by atoms with Crippen LogP contribution in [0.25, 0.3) is 0 Å². The summed E-state index contributed by atoms with van der Waals surface area (Å²) in [4.78, 5) is 2.40. The van der Waals surface area contributed by atoms with Gasteiger partial charge in [0.15, 0.2) is 0 Å². The molecule has 2 aromatic rings. The number of hydrazone groups is 1. The molecule has 0 saturated heterocycles. The van der Waals surface area contributed by atoms with Crippen molar-refractivity contribution in [3.8, 4) is 11.5 Å². The first-order valence-corrected chi connectivity index (χ1v) is 5.80. The number of pyridine rings is 1. The number of nitrogens with zero attached hydrogens (tertiary/aromatic N) is 2. The summed E-state index contributed by atoms with van der Waals surface area (Å²) in [5, 5.41) is 13.0. The largest absolute Gasteiger partial charge is 0.507 e. The molecule has 1 heterocycles. The van der Waals surface area contributed by atoms with Crippen LogP contribution in [0.4, 0.5) is 23.2 Å². The Morgan fingerprint density at radius 1 is 1.18 bits per heavy atom. The molecule has 0 spiro atoms. The fourth-order valence-corrected chi connectivity index (χ4v) is 1.51. The van der Waals surface area contributed by atoms with Gasteiger partial charge in [0.1, 0.15) is 17.2 Å². The molecular weight excluding hydrogens is 306 g/mol. The van der Waals surface area contributed by atoms with E-state index in [0.717, 1.165) is 6.21 Å². The van der Waals surface area contributed by atoms with Gasteiger partial charge in [0.05, 0.1) is 13.3 Å². The summed E-state index contributed by atoms with van der Waals surface area (Å²) in [5.74, 6) is -6.82. The molecule has 0 unspecified atom stereocenters. The van der Waals surface area contributed by atoms with Crippen LogP contribution in [-0.2, 0) is 0 Å². The molecule has 0 radical (unpaired) electrons. The molecule has 116 valence electrons. The molecule has 1 aromatic heterocycles. The number of benzene rings is 1. The number of nitrogens with one attached hydrogen (secondary N) is 1. The molecule has 5 nitrogen and oxygen atoms in total. The van der Waals surface area contributed by atoms with Crippen molar-refractivity contribution in [2.24, 2.45) is 5.10 Å². The Kier molecular flexibility index (Phi) is 4.44. The number of halogens is 4. The van der Waals surface area contributed by atoms with Crippen LogP contribution in [0.2, 0.25) is 0 Å². The molecule has 2 N–H and O–H groups in total.